The van der Waals surface area contributed by atoms with Crippen molar-refractivity contribution in [3.8, 4) is 0 Å². The highest BCUT2D eigenvalue weighted by atomic mass is 19.1. The molecule has 0 radical (unpaired) electrons. The van der Waals surface area contributed by atoms with E-state index in [0.717, 1.165) is 25.0 Å². The Morgan fingerprint density at radius 2 is 1.83 bits per heavy atom. The maximum absolute atomic E-state index is 14.3. The third-order valence-electron chi connectivity index (χ3n) is 3.94. The lowest BCUT2D eigenvalue weighted by molar-refractivity contribution is 0.0501. The van der Waals surface area contributed by atoms with Crippen LogP contribution in [0.25, 0.3) is 0 Å². The van der Waals surface area contributed by atoms with Gasteiger partial charge in [-0.3, -0.25) is 0 Å². The molecular formula is C17H25F2N3O2. The molecule has 1 fully saturated rings. The fraction of sp³-hybridized carbons (Fsp3) is 0.588. The Balaban J connectivity index is 2.13. The van der Waals surface area contributed by atoms with Gasteiger partial charge >= 0.3 is 6.03 Å². The Bertz CT molecular complexity index is 573. The molecule has 2 rings (SSSR count). The molecule has 2 amide bonds. The Morgan fingerprint density at radius 1 is 1.29 bits per heavy atom. The first kappa shape index (κ1) is 18.4. The van der Waals surface area contributed by atoms with Crippen LogP contribution in [0.5, 0.6) is 0 Å². The molecule has 1 heterocycles. The van der Waals surface area contributed by atoms with Crippen LogP contribution < -0.4 is 10.2 Å². The summed E-state index contributed by atoms with van der Waals surface area (Å²) in [5.74, 6) is -1.37. The van der Waals surface area contributed by atoms with E-state index < -0.39 is 23.3 Å². The second-order valence-electron chi connectivity index (χ2n) is 6.74. The average Bonchev–Trinajstić information content (AvgIpc) is 2.96. The van der Waals surface area contributed by atoms with Crippen molar-refractivity contribution >= 4 is 17.4 Å². The lowest BCUT2D eigenvalue weighted by Gasteiger charge is -2.28. The van der Waals surface area contributed by atoms with Crippen molar-refractivity contribution in [2.24, 2.45) is 0 Å². The second-order valence-corrected chi connectivity index (χ2v) is 6.74. The van der Waals surface area contributed by atoms with E-state index in [1.54, 1.807) is 25.7 Å². The van der Waals surface area contributed by atoms with Gasteiger partial charge in [-0.25, -0.2) is 13.6 Å². The largest absolute Gasteiger partial charge is 0.389 e. The second kappa shape index (κ2) is 7.34. The lowest BCUT2D eigenvalue weighted by Crippen LogP contribution is -2.44. The number of urea groups is 1. The zero-order chi connectivity index (χ0) is 17.9. The summed E-state index contributed by atoms with van der Waals surface area (Å²) in [7, 11) is 0. The van der Waals surface area contributed by atoms with E-state index in [4.69, 9.17) is 0 Å². The number of amides is 2. The van der Waals surface area contributed by atoms with E-state index >= 15 is 0 Å². The third kappa shape index (κ3) is 4.56. The summed E-state index contributed by atoms with van der Waals surface area (Å²) in [6.45, 7) is 6.70. The molecule has 0 aliphatic carbocycles. The Kier molecular flexibility index (Phi) is 5.64. The Hall–Kier alpha value is -1.89. The quantitative estimate of drug-likeness (QED) is 0.865. The van der Waals surface area contributed by atoms with Crippen molar-refractivity contribution < 1.29 is 18.7 Å². The number of rotatable bonds is 5. The number of nitrogens with one attached hydrogen (secondary N) is 1. The highest BCUT2D eigenvalue weighted by Gasteiger charge is 2.24. The van der Waals surface area contributed by atoms with Crippen LogP contribution in [0.3, 0.4) is 0 Å². The van der Waals surface area contributed by atoms with Crippen LogP contribution in [0.2, 0.25) is 0 Å². The molecule has 24 heavy (non-hydrogen) atoms. The zero-order valence-corrected chi connectivity index (χ0v) is 14.4. The molecule has 7 heteroatoms. The van der Waals surface area contributed by atoms with Gasteiger partial charge < -0.3 is 20.2 Å². The summed E-state index contributed by atoms with van der Waals surface area (Å²) >= 11 is 0. The predicted molar refractivity (Wildman–Crippen MR) is 90.4 cm³/mol. The van der Waals surface area contributed by atoms with Gasteiger partial charge in [0.05, 0.1) is 12.1 Å². The van der Waals surface area contributed by atoms with Crippen LogP contribution in [0.15, 0.2) is 12.1 Å². The average molecular weight is 341 g/mol. The number of aliphatic hydroxyl groups is 1. The van der Waals surface area contributed by atoms with Crippen molar-refractivity contribution in [3.63, 3.8) is 0 Å². The van der Waals surface area contributed by atoms with Crippen molar-refractivity contribution in [2.75, 3.05) is 36.4 Å². The van der Waals surface area contributed by atoms with E-state index in [9.17, 15) is 18.7 Å². The number of nitrogens with zero attached hydrogens (tertiary/aromatic N) is 2. The molecule has 1 aliphatic rings. The smallest absolute Gasteiger partial charge is 0.321 e. The minimum Gasteiger partial charge on any atom is -0.389 e. The van der Waals surface area contributed by atoms with Gasteiger partial charge in [-0.1, -0.05) is 0 Å². The molecule has 5 nitrogen and oxygen atoms in total. The van der Waals surface area contributed by atoms with E-state index in [1.807, 2.05) is 0 Å². The van der Waals surface area contributed by atoms with E-state index in [2.05, 4.69) is 5.32 Å². The van der Waals surface area contributed by atoms with Gasteiger partial charge in [0.15, 0.2) is 11.6 Å². The van der Waals surface area contributed by atoms with Crippen LogP contribution in [-0.4, -0.2) is 47.8 Å². The summed E-state index contributed by atoms with van der Waals surface area (Å²) in [6, 6.07) is 1.76. The van der Waals surface area contributed by atoms with Crippen LogP contribution in [0.4, 0.5) is 25.0 Å². The number of carbonyl (C=O) groups excluding carboxylic acids is 1. The van der Waals surface area contributed by atoms with Crippen LogP contribution in [0.1, 0.15) is 33.6 Å². The van der Waals surface area contributed by atoms with Crippen molar-refractivity contribution in [1.82, 2.24) is 4.90 Å². The minimum absolute atomic E-state index is 0.0330. The Labute approximate surface area is 141 Å². The molecule has 0 saturated carbocycles. The number of likely N-dealkylation sites (N-methyl/N-ethyl adjacent to an activating group) is 1. The molecule has 0 atom stereocenters. The first-order chi connectivity index (χ1) is 11.2. The number of carbonyl (C=O) groups is 1. The molecule has 1 aromatic carbocycles. The number of halogens is 2. The van der Waals surface area contributed by atoms with E-state index in [-0.39, 0.29) is 17.9 Å². The summed E-state index contributed by atoms with van der Waals surface area (Å²) in [4.78, 5) is 15.3. The number of anilines is 2. The van der Waals surface area contributed by atoms with Crippen LogP contribution in [0, 0.1) is 11.6 Å². The molecule has 0 unspecified atom stereocenters. The monoisotopic (exact) mass is 341 g/mol. The molecular weight excluding hydrogens is 316 g/mol. The molecule has 1 saturated heterocycles. The molecule has 2 N–H and O–H groups in total. The minimum atomic E-state index is -1.05. The molecule has 1 aromatic rings. The van der Waals surface area contributed by atoms with Gasteiger partial charge in [0, 0.05) is 25.3 Å². The van der Waals surface area contributed by atoms with Gasteiger partial charge in [0.1, 0.15) is 5.69 Å². The van der Waals surface area contributed by atoms with Gasteiger partial charge in [0.25, 0.3) is 0 Å². The molecule has 134 valence electrons. The highest BCUT2D eigenvalue weighted by molar-refractivity contribution is 5.89. The first-order valence-electron chi connectivity index (χ1n) is 8.23. The van der Waals surface area contributed by atoms with Gasteiger partial charge in [-0.05, 0) is 45.7 Å². The van der Waals surface area contributed by atoms with Crippen molar-refractivity contribution in [3.05, 3.63) is 23.8 Å². The standard InChI is InChI=1S/C17H25F2N3O2/c1-4-21(11-17(2,3)24)16(23)20-12-9-13(18)15(14(19)10-12)22-7-5-6-8-22/h9-10,24H,4-8,11H2,1-3H3,(H,20,23). The zero-order valence-electron chi connectivity index (χ0n) is 14.4. The number of hydrogen-bond acceptors (Lipinski definition) is 3. The van der Waals surface area contributed by atoms with Gasteiger partial charge in [0.2, 0.25) is 0 Å². The normalized spacial score (nSPS) is 14.8. The number of benzene rings is 1. The molecule has 1 aliphatic heterocycles. The Morgan fingerprint density at radius 3 is 2.29 bits per heavy atom. The molecule has 0 aromatic heterocycles. The van der Waals surface area contributed by atoms with Gasteiger partial charge in [-0.2, -0.15) is 0 Å². The molecule has 0 bridgehead atoms. The maximum atomic E-state index is 14.3. The van der Waals surface area contributed by atoms with E-state index in [0.29, 0.717) is 19.6 Å². The van der Waals surface area contributed by atoms with E-state index in [1.165, 1.54) is 4.90 Å². The van der Waals surface area contributed by atoms with Crippen molar-refractivity contribution in [1.29, 1.82) is 0 Å². The first-order valence-corrected chi connectivity index (χ1v) is 8.23. The summed E-state index contributed by atoms with van der Waals surface area (Å²) in [5, 5.41) is 12.3. The fourth-order valence-electron chi connectivity index (χ4n) is 2.88. The SMILES string of the molecule is CCN(CC(C)(C)O)C(=O)Nc1cc(F)c(N2CCCC2)c(F)c1. The lowest BCUT2D eigenvalue weighted by atomic mass is 10.1. The maximum Gasteiger partial charge on any atom is 0.321 e. The summed E-state index contributed by atoms with van der Waals surface area (Å²) in [6.07, 6.45) is 1.83. The summed E-state index contributed by atoms with van der Waals surface area (Å²) in [5.41, 5.74) is -1.02. The predicted octanol–water partition coefficient (Wildman–Crippen LogP) is 3.19. The highest BCUT2D eigenvalue weighted by Crippen LogP contribution is 2.29. The van der Waals surface area contributed by atoms with Crippen molar-refractivity contribution in [2.45, 2.75) is 39.2 Å². The van der Waals surface area contributed by atoms with Gasteiger partial charge in [-0.15, -0.1) is 0 Å². The molecule has 0 spiro atoms. The number of hydrogen-bond donors (Lipinski definition) is 2. The van der Waals surface area contributed by atoms with Crippen LogP contribution >= 0.6 is 0 Å². The van der Waals surface area contributed by atoms with Crippen LogP contribution in [-0.2, 0) is 0 Å². The fourth-order valence-corrected chi connectivity index (χ4v) is 2.88. The topological polar surface area (TPSA) is 55.8 Å². The third-order valence-corrected chi connectivity index (χ3v) is 3.94. The summed E-state index contributed by atoms with van der Waals surface area (Å²) < 4.78 is 28.6.